The number of hydrogen-bond acceptors (Lipinski definition) is 12. The Hall–Kier alpha value is -1.10. The number of aryl methyl sites for hydroxylation is 1. The molecule has 0 radical (unpaired) electrons. The van der Waals surface area contributed by atoms with E-state index in [1.165, 1.54) is 4.57 Å². The first-order valence-corrected chi connectivity index (χ1v) is 12.7. The van der Waals surface area contributed by atoms with Crippen molar-refractivity contribution in [2.75, 3.05) is 12.3 Å². The van der Waals surface area contributed by atoms with Crippen LogP contribution in [0.1, 0.15) is 13.2 Å². The third-order valence-corrected chi connectivity index (χ3v) is 7.56. The van der Waals surface area contributed by atoms with Crippen LogP contribution in [0.4, 0.5) is 5.95 Å². The molecule has 6 atom stereocenters. The van der Waals surface area contributed by atoms with E-state index in [1.807, 2.05) is 0 Å². The zero-order chi connectivity index (χ0) is 23.8. The molecule has 0 bridgehead atoms. The van der Waals surface area contributed by atoms with Crippen LogP contribution in [-0.2, 0) is 38.1 Å². The van der Waals surface area contributed by atoms with Gasteiger partial charge in [-0.25, -0.2) is 23.1 Å². The predicted molar refractivity (Wildman–Crippen MR) is 94.5 cm³/mol. The maximum Gasteiger partial charge on any atom is 0.490 e. The molecule has 2 rings (SSSR count). The Labute approximate surface area is 172 Å². The summed E-state index contributed by atoms with van der Waals surface area (Å²) >= 11 is 0. The van der Waals surface area contributed by atoms with Crippen LogP contribution in [-0.4, -0.2) is 64.3 Å². The van der Waals surface area contributed by atoms with Gasteiger partial charge in [0, 0.05) is 0 Å². The molecule has 0 amide bonds. The maximum absolute atomic E-state index is 12.1. The van der Waals surface area contributed by atoms with Crippen molar-refractivity contribution in [3.63, 3.8) is 0 Å². The Morgan fingerprint density at radius 2 is 1.77 bits per heavy atom. The number of nitrogen functional groups attached to an aromatic ring is 1. The lowest BCUT2D eigenvalue weighted by Gasteiger charge is -2.19. The van der Waals surface area contributed by atoms with Crippen molar-refractivity contribution in [2.24, 2.45) is 0 Å². The molecule has 8 N–H and O–H groups in total. The van der Waals surface area contributed by atoms with Crippen molar-refractivity contribution in [1.29, 1.82) is 0 Å². The third kappa shape index (κ3) is 6.94. The number of aliphatic hydroxyl groups is 2. The van der Waals surface area contributed by atoms with Crippen molar-refractivity contribution in [2.45, 2.75) is 38.0 Å². The summed E-state index contributed by atoms with van der Waals surface area (Å²) in [7, 11) is -16.8. The number of aromatic nitrogens is 3. The fraction of sp³-hybridized carbons (Fsp3) is 0.700. The second-order valence-electron chi connectivity index (χ2n) is 5.99. The van der Waals surface area contributed by atoms with Gasteiger partial charge in [0.05, 0.1) is 13.2 Å². The highest BCUT2D eigenvalue weighted by atomic mass is 31.3. The maximum atomic E-state index is 12.1. The van der Waals surface area contributed by atoms with Crippen LogP contribution >= 0.6 is 23.5 Å². The molecule has 0 aromatic carbocycles. The van der Waals surface area contributed by atoms with E-state index in [9.17, 15) is 33.6 Å². The number of phosphoric ester groups is 1. The molecule has 2 heterocycles. The monoisotopic (exact) mass is 513 g/mol. The Bertz CT molecular complexity index is 1010. The molecule has 21 heteroatoms. The topological polar surface area (TPSA) is 274 Å². The van der Waals surface area contributed by atoms with Crippen molar-refractivity contribution < 1.29 is 65.9 Å². The number of phosphoric acid groups is 3. The van der Waals surface area contributed by atoms with E-state index < -0.39 is 60.3 Å². The summed E-state index contributed by atoms with van der Waals surface area (Å²) < 4.78 is 52.5. The lowest BCUT2D eigenvalue weighted by molar-refractivity contribution is -0.687. The lowest BCUT2D eigenvalue weighted by atomic mass is 10.1. The summed E-state index contributed by atoms with van der Waals surface area (Å²) in [6, 6.07) is 0. The SMILES string of the molecule is CC[n+]1cn(C2OC(COP(=O)(O)OP(=O)(O)OP(=O)(O)O)C(O)C2O)c(=O)nc1N. The summed E-state index contributed by atoms with van der Waals surface area (Å²) in [5, 5.41) is 20.2. The van der Waals surface area contributed by atoms with Gasteiger partial charge in [0.25, 0.3) is 0 Å². The minimum absolute atomic E-state index is 0.124. The van der Waals surface area contributed by atoms with Gasteiger partial charge in [-0.3, -0.25) is 4.52 Å². The molecule has 1 aliphatic rings. The number of hydrogen-bond donors (Lipinski definition) is 7. The van der Waals surface area contributed by atoms with Crippen LogP contribution < -0.4 is 16.0 Å². The van der Waals surface area contributed by atoms with Gasteiger partial charge in [-0.05, 0) is 11.9 Å². The Balaban J connectivity index is 2.11. The quantitative estimate of drug-likeness (QED) is 0.129. The molecule has 0 aliphatic carbocycles. The van der Waals surface area contributed by atoms with E-state index in [0.717, 1.165) is 10.9 Å². The second-order valence-corrected chi connectivity index (χ2v) is 10.4. The molecule has 1 aromatic rings. The van der Waals surface area contributed by atoms with Gasteiger partial charge in [-0.1, -0.05) is 0 Å². The highest BCUT2D eigenvalue weighted by molar-refractivity contribution is 7.66. The smallest absolute Gasteiger partial charge is 0.387 e. The Morgan fingerprint density at radius 3 is 2.32 bits per heavy atom. The number of nitrogens with zero attached hydrogens (tertiary/aromatic N) is 3. The van der Waals surface area contributed by atoms with Crippen LogP contribution in [0.2, 0.25) is 0 Å². The van der Waals surface area contributed by atoms with Gasteiger partial charge in [-0.15, -0.1) is 0 Å². The fourth-order valence-electron chi connectivity index (χ4n) is 2.46. The van der Waals surface area contributed by atoms with E-state index >= 15 is 0 Å². The molecule has 1 saturated heterocycles. The molecule has 6 unspecified atom stereocenters. The third-order valence-electron chi connectivity index (χ3n) is 3.76. The van der Waals surface area contributed by atoms with E-state index in [1.54, 1.807) is 6.92 Å². The Kier molecular flexibility index (Phi) is 7.94. The molecule has 1 fully saturated rings. The van der Waals surface area contributed by atoms with Crippen LogP contribution in [0, 0.1) is 0 Å². The van der Waals surface area contributed by atoms with Gasteiger partial charge in [0.15, 0.2) is 6.33 Å². The average Bonchev–Trinajstić information content (AvgIpc) is 2.85. The van der Waals surface area contributed by atoms with Crippen molar-refractivity contribution in [3.05, 3.63) is 16.8 Å². The summed E-state index contributed by atoms with van der Waals surface area (Å²) in [6.45, 7) is 0.947. The minimum Gasteiger partial charge on any atom is -0.387 e. The highest BCUT2D eigenvalue weighted by Crippen LogP contribution is 2.66. The van der Waals surface area contributed by atoms with E-state index in [2.05, 4.69) is 18.1 Å². The van der Waals surface area contributed by atoms with E-state index in [0.29, 0.717) is 6.54 Å². The van der Waals surface area contributed by atoms with Crippen molar-refractivity contribution >= 4 is 29.4 Å². The summed E-state index contributed by atoms with van der Waals surface area (Å²) in [4.78, 5) is 51.1. The first-order chi connectivity index (χ1) is 14.1. The number of ether oxygens (including phenoxy) is 1. The predicted octanol–water partition coefficient (Wildman–Crippen LogP) is -2.90. The lowest BCUT2D eigenvalue weighted by Crippen LogP contribution is -2.46. The summed E-state index contributed by atoms with van der Waals surface area (Å²) in [5.74, 6) is -0.124. The first kappa shape index (κ1) is 26.2. The summed E-state index contributed by atoms with van der Waals surface area (Å²) in [5.41, 5.74) is 4.63. The molecule has 18 nitrogen and oxygen atoms in total. The molecule has 0 saturated carbocycles. The van der Waals surface area contributed by atoms with Crippen LogP contribution in [0.3, 0.4) is 0 Å². The average molecular weight is 513 g/mol. The molecular weight excluding hydrogens is 493 g/mol. The molecule has 1 aliphatic heterocycles. The van der Waals surface area contributed by atoms with E-state index in [4.69, 9.17) is 25.2 Å². The molecule has 31 heavy (non-hydrogen) atoms. The van der Waals surface area contributed by atoms with Crippen molar-refractivity contribution in [1.82, 2.24) is 9.55 Å². The van der Waals surface area contributed by atoms with Crippen LogP contribution in [0.25, 0.3) is 0 Å². The molecule has 178 valence electrons. The highest BCUT2D eigenvalue weighted by Gasteiger charge is 2.48. The van der Waals surface area contributed by atoms with Crippen LogP contribution in [0.15, 0.2) is 11.1 Å². The minimum atomic E-state index is -5.73. The summed E-state index contributed by atoms with van der Waals surface area (Å²) in [6.07, 6.45) is -5.40. The van der Waals surface area contributed by atoms with Gasteiger partial charge in [-0.2, -0.15) is 13.2 Å². The first-order valence-electron chi connectivity index (χ1n) is 8.13. The number of rotatable bonds is 9. The molecule has 1 aromatic heterocycles. The van der Waals surface area contributed by atoms with Gasteiger partial charge in [0.1, 0.15) is 18.3 Å². The zero-order valence-corrected chi connectivity index (χ0v) is 18.2. The van der Waals surface area contributed by atoms with Gasteiger partial charge >= 0.3 is 35.1 Å². The number of anilines is 1. The van der Waals surface area contributed by atoms with Crippen LogP contribution in [0.5, 0.6) is 0 Å². The largest absolute Gasteiger partial charge is 0.490 e. The fourth-order valence-corrected chi connectivity index (χ4v) is 5.49. The second kappa shape index (κ2) is 9.41. The standard InChI is InChI=1S/C10H19N4O14P3/c1-2-13-4-14(10(17)12-9(13)11)8-7(16)6(15)5(26-8)3-25-30(21,22)28-31(23,24)27-29(18,19)20/h4-8,15-16H,2-3H2,1H3,(H5-,11,12,17,18,19,20,21,22,23,24)/p+1. The van der Waals surface area contributed by atoms with E-state index in [-0.39, 0.29) is 5.95 Å². The Morgan fingerprint density at radius 1 is 1.16 bits per heavy atom. The normalized spacial score (nSPS) is 28.2. The van der Waals surface area contributed by atoms with Gasteiger partial charge in [0.2, 0.25) is 6.23 Å². The van der Waals surface area contributed by atoms with Gasteiger partial charge < -0.3 is 40.3 Å². The molecular formula is C10H20N4O14P3+. The molecule has 0 spiro atoms. The van der Waals surface area contributed by atoms with Crippen molar-refractivity contribution in [3.8, 4) is 0 Å². The number of nitrogens with two attached hydrogens (primary N) is 1. The number of aliphatic hydroxyl groups excluding tert-OH is 2. The zero-order valence-electron chi connectivity index (χ0n) is 15.5.